The summed E-state index contributed by atoms with van der Waals surface area (Å²) in [7, 11) is 0. The SMILES string of the molecule is CCc1nc(N)cc(NCc2cccnc2)n1. The van der Waals surface area contributed by atoms with Crippen molar-refractivity contribution in [1.29, 1.82) is 0 Å². The minimum absolute atomic E-state index is 0.491. The molecule has 17 heavy (non-hydrogen) atoms. The van der Waals surface area contributed by atoms with E-state index in [-0.39, 0.29) is 0 Å². The lowest BCUT2D eigenvalue weighted by Crippen LogP contribution is -2.06. The molecule has 0 saturated heterocycles. The minimum Gasteiger partial charge on any atom is -0.384 e. The van der Waals surface area contributed by atoms with E-state index in [9.17, 15) is 0 Å². The summed E-state index contributed by atoms with van der Waals surface area (Å²) in [5, 5.41) is 3.21. The summed E-state index contributed by atoms with van der Waals surface area (Å²) in [4.78, 5) is 12.5. The molecule has 0 aliphatic carbocycles. The summed E-state index contributed by atoms with van der Waals surface area (Å²) in [6, 6.07) is 5.64. The summed E-state index contributed by atoms with van der Waals surface area (Å²) < 4.78 is 0. The van der Waals surface area contributed by atoms with Crippen LogP contribution in [0.2, 0.25) is 0 Å². The lowest BCUT2D eigenvalue weighted by molar-refractivity contribution is 0.937. The fraction of sp³-hybridized carbons (Fsp3) is 0.250. The quantitative estimate of drug-likeness (QED) is 0.833. The predicted molar refractivity (Wildman–Crippen MR) is 67.4 cm³/mol. The first-order chi connectivity index (χ1) is 8.28. The molecule has 0 spiro atoms. The maximum Gasteiger partial charge on any atom is 0.132 e. The Kier molecular flexibility index (Phi) is 3.49. The van der Waals surface area contributed by atoms with Gasteiger partial charge < -0.3 is 11.1 Å². The van der Waals surface area contributed by atoms with Gasteiger partial charge in [-0.1, -0.05) is 13.0 Å². The highest BCUT2D eigenvalue weighted by Gasteiger charge is 2.00. The number of hydrogen-bond donors (Lipinski definition) is 2. The maximum atomic E-state index is 5.70. The second-order valence-electron chi connectivity index (χ2n) is 3.66. The largest absolute Gasteiger partial charge is 0.384 e. The molecule has 0 aromatic carbocycles. The lowest BCUT2D eigenvalue weighted by Gasteiger charge is -2.07. The molecular weight excluding hydrogens is 214 g/mol. The van der Waals surface area contributed by atoms with Crippen LogP contribution < -0.4 is 11.1 Å². The zero-order valence-corrected chi connectivity index (χ0v) is 9.72. The third-order valence-corrected chi connectivity index (χ3v) is 2.30. The second kappa shape index (κ2) is 5.25. The van der Waals surface area contributed by atoms with Gasteiger partial charge in [0, 0.05) is 31.4 Å². The Morgan fingerprint density at radius 1 is 1.35 bits per heavy atom. The Morgan fingerprint density at radius 2 is 2.24 bits per heavy atom. The number of nitrogens with one attached hydrogen (secondary N) is 1. The fourth-order valence-electron chi connectivity index (χ4n) is 1.46. The topological polar surface area (TPSA) is 76.7 Å². The van der Waals surface area contributed by atoms with Crippen LogP contribution in [0, 0.1) is 0 Å². The highest BCUT2D eigenvalue weighted by atomic mass is 15.0. The van der Waals surface area contributed by atoms with Gasteiger partial charge in [-0.25, -0.2) is 9.97 Å². The van der Waals surface area contributed by atoms with Gasteiger partial charge in [-0.3, -0.25) is 4.98 Å². The van der Waals surface area contributed by atoms with Crippen LogP contribution in [-0.4, -0.2) is 15.0 Å². The number of pyridine rings is 1. The van der Waals surface area contributed by atoms with Crippen LogP contribution in [0.3, 0.4) is 0 Å². The van der Waals surface area contributed by atoms with Gasteiger partial charge in [0.2, 0.25) is 0 Å². The summed E-state index contributed by atoms with van der Waals surface area (Å²) in [5.74, 6) is 1.99. The number of rotatable bonds is 4. The van der Waals surface area contributed by atoms with Crippen LogP contribution >= 0.6 is 0 Å². The molecule has 2 aromatic heterocycles. The molecule has 2 aromatic rings. The van der Waals surface area contributed by atoms with Crippen LogP contribution in [0.25, 0.3) is 0 Å². The number of anilines is 2. The molecule has 2 heterocycles. The van der Waals surface area contributed by atoms with Crippen molar-refractivity contribution in [3.8, 4) is 0 Å². The average molecular weight is 229 g/mol. The first-order valence-corrected chi connectivity index (χ1v) is 5.54. The Morgan fingerprint density at radius 3 is 2.94 bits per heavy atom. The molecule has 0 saturated carbocycles. The molecule has 0 bridgehead atoms. The number of aryl methyl sites for hydroxylation is 1. The summed E-state index contributed by atoms with van der Waals surface area (Å²) >= 11 is 0. The molecule has 0 amide bonds. The minimum atomic E-state index is 0.491. The summed E-state index contributed by atoms with van der Waals surface area (Å²) in [5.41, 5.74) is 6.80. The highest BCUT2D eigenvalue weighted by Crippen LogP contribution is 2.10. The van der Waals surface area contributed by atoms with Crippen LogP contribution in [0.1, 0.15) is 18.3 Å². The van der Waals surface area contributed by atoms with Crippen molar-refractivity contribution in [1.82, 2.24) is 15.0 Å². The van der Waals surface area contributed by atoms with Gasteiger partial charge >= 0.3 is 0 Å². The van der Waals surface area contributed by atoms with E-state index in [2.05, 4.69) is 20.3 Å². The van der Waals surface area contributed by atoms with Crippen LogP contribution in [-0.2, 0) is 13.0 Å². The van der Waals surface area contributed by atoms with Crippen molar-refractivity contribution in [2.24, 2.45) is 0 Å². The Bertz CT molecular complexity index is 484. The van der Waals surface area contributed by atoms with Gasteiger partial charge in [-0.2, -0.15) is 0 Å². The number of nitrogen functional groups attached to an aromatic ring is 1. The molecule has 3 N–H and O–H groups in total. The van der Waals surface area contributed by atoms with E-state index in [0.29, 0.717) is 12.4 Å². The van der Waals surface area contributed by atoms with E-state index in [0.717, 1.165) is 23.6 Å². The first kappa shape index (κ1) is 11.3. The van der Waals surface area contributed by atoms with Crippen LogP contribution in [0.15, 0.2) is 30.6 Å². The summed E-state index contributed by atoms with van der Waals surface area (Å²) in [6.07, 6.45) is 4.34. The number of hydrogen-bond acceptors (Lipinski definition) is 5. The molecular formula is C12H15N5. The van der Waals surface area contributed by atoms with Crippen molar-refractivity contribution in [2.45, 2.75) is 19.9 Å². The molecule has 0 unspecified atom stereocenters. The molecule has 88 valence electrons. The average Bonchev–Trinajstić information content (AvgIpc) is 2.37. The standard InChI is InChI=1S/C12H15N5/c1-2-11-16-10(13)6-12(17-11)15-8-9-4-3-5-14-7-9/h3-7H,2,8H2,1H3,(H3,13,15,16,17). The number of nitrogens with two attached hydrogens (primary N) is 1. The van der Waals surface area contributed by atoms with Crippen LogP contribution in [0.5, 0.6) is 0 Å². The van der Waals surface area contributed by atoms with Gasteiger partial charge in [0.05, 0.1) is 0 Å². The van der Waals surface area contributed by atoms with E-state index >= 15 is 0 Å². The van der Waals surface area contributed by atoms with Crippen molar-refractivity contribution >= 4 is 11.6 Å². The molecule has 5 heteroatoms. The smallest absolute Gasteiger partial charge is 0.132 e. The van der Waals surface area contributed by atoms with Gasteiger partial charge in [0.25, 0.3) is 0 Å². The normalized spacial score (nSPS) is 10.2. The molecule has 0 radical (unpaired) electrons. The Balaban J connectivity index is 2.06. The molecule has 2 rings (SSSR count). The monoisotopic (exact) mass is 229 g/mol. The van der Waals surface area contributed by atoms with Crippen LogP contribution in [0.4, 0.5) is 11.6 Å². The maximum absolute atomic E-state index is 5.70. The van der Waals surface area contributed by atoms with Crippen molar-refractivity contribution in [3.63, 3.8) is 0 Å². The van der Waals surface area contributed by atoms with Gasteiger partial charge in [0.15, 0.2) is 0 Å². The third kappa shape index (κ3) is 3.14. The zero-order chi connectivity index (χ0) is 12.1. The van der Waals surface area contributed by atoms with Crippen molar-refractivity contribution < 1.29 is 0 Å². The molecule has 0 fully saturated rings. The van der Waals surface area contributed by atoms with Gasteiger partial charge in [-0.05, 0) is 11.6 Å². The molecule has 0 aliphatic rings. The molecule has 0 aliphatic heterocycles. The van der Waals surface area contributed by atoms with E-state index in [1.54, 1.807) is 12.3 Å². The molecule has 5 nitrogen and oxygen atoms in total. The molecule has 0 atom stereocenters. The third-order valence-electron chi connectivity index (χ3n) is 2.30. The van der Waals surface area contributed by atoms with Crippen molar-refractivity contribution in [2.75, 3.05) is 11.1 Å². The van der Waals surface area contributed by atoms with E-state index in [4.69, 9.17) is 5.73 Å². The predicted octanol–water partition coefficient (Wildman–Crippen LogP) is 1.63. The first-order valence-electron chi connectivity index (χ1n) is 5.54. The summed E-state index contributed by atoms with van der Waals surface area (Å²) in [6.45, 7) is 2.67. The Hall–Kier alpha value is -2.17. The number of nitrogens with zero attached hydrogens (tertiary/aromatic N) is 3. The fourth-order valence-corrected chi connectivity index (χ4v) is 1.46. The van der Waals surface area contributed by atoms with Gasteiger partial charge in [-0.15, -0.1) is 0 Å². The zero-order valence-electron chi connectivity index (χ0n) is 9.72. The highest BCUT2D eigenvalue weighted by molar-refractivity contribution is 5.44. The van der Waals surface area contributed by atoms with E-state index < -0.39 is 0 Å². The van der Waals surface area contributed by atoms with Crippen molar-refractivity contribution in [3.05, 3.63) is 42.0 Å². The Labute approximate surface area is 100 Å². The van der Waals surface area contributed by atoms with Gasteiger partial charge in [0.1, 0.15) is 17.5 Å². The van der Waals surface area contributed by atoms with E-state index in [1.165, 1.54) is 0 Å². The van der Waals surface area contributed by atoms with E-state index in [1.807, 2.05) is 25.3 Å². The lowest BCUT2D eigenvalue weighted by atomic mass is 10.3. The number of aromatic nitrogens is 3. The second-order valence-corrected chi connectivity index (χ2v) is 3.66.